The van der Waals surface area contributed by atoms with Crippen LogP contribution in [0, 0.1) is 11.3 Å². The van der Waals surface area contributed by atoms with Crippen LogP contribution >= 0.6 is 0 Å². The van der Waals surface area contributed by atoms with Crippen LogP contribution in [0.5, 0.6) is 0 Å². The van der Waals surface area contributed by atoms with Crippen LogP contribution < -0.4 is 0 Å². The normalized spacial score (nSPS) is 14.6. The Bertz CT molecular complexity index is 724. The summed E-state index contributed by atoms with van der Waals surface area (Å²) in [6.45, 7) is 11.2. The largest absolute Gasteiger partial charge is 0.332 e. The fourth-order valence-electron chi connectivity index (χ4n) is 3.25. The molecule has 0 amide bonds. The van der Waals surface area contributed by atoms with E-state index >= 15 is 0 Å². The summed E-state index contributed by atoms with van der Waals surface area (Å²) in [6, 6.07) is 10.1. The van der Waals surface area contributed by atoms with E-state index in [1.165, 1.54) is 11.3 Å². The van der Waals surface area contributed by atoms with Gasteiger partial charge in [-0.2, -0.15) is 5.26 Å². The highest BCUT2D eigenvalue weighted by Gasteiger charge is 2.19. The first kappa shape index (κ1) is 16.7. The van der Waals surface area contributed by atoms with Crippen LogP contribution in [0.25, 0.3) is 0 Å². The van der Waals surface area contributed by atoms with Gasteiger partial charge in [-0.3, -0.25) is 9.80 Å². The monoisotopic (exact) mass is 323 g/mol. The van der Waals surface area contributed by atoms with Crippen LogP contribution in [-0.2, 0) is 26.2 Å². The van der Waals surface area contributed by atoms with Gasteiger partial charge < -0.3 is 4.57 Å². The van der Waals surface area contributed by atoms with Crippen molar-refractivity contribution in [2.45, 2.75) is 40.0 Å². The van der Waals surface area contributed by atoms with Crippen LogP contribution in [0.15, 0.2) is 30.5 Å². The van der Waals surface area contributed by atoms with Crippen LogP contribution in [-0.4, -0.2) is 39.0 Å². The van der Waals surface area contributed by atoms with Crippen molar-refractivity contribution in [2.75, 3.05) is 19.6 Å². The van der Waals surface area contributed by atoms with E-state index < -0.39 is 0 Å². The zero-order valence-electron chi connectivity index (χ0n) is 14.6. The third-order valence-electron chi connectivity index (χ3n) is 4.67. The first-order valence-corrected chi connectivity index (χ1v) is 8.70. The molecular formula is C19H25N5. The molecule has 0 aliphatic carbocycles. The Balaban J connectivity index is 1.66. The maximum Gasteiger partial charge on any atom is 0.123 e. The van der Waals surface area contributed by atoms with Crippen molar-refractivity contribution in [2.24, 2.45) is 0 Å². The third kappa shape index (κ3) is 3.84. The molecule has 5 heteroatoms. The van der Waals surface area contributed by atoms with E-state index in [2.05, 4.69) is 46.5 Å². The summed E-state index contributed by atoms with van der Waals surface area (Å²) in [5, 5.41) is 9.03. The predicted molar refractivity (Wildman–Crippen MR) is 94.1 cm³/mol. The number of benzene rings is 1. The highest BCUT2D eigenvalue weighted by Crippen LogP contribution is 2.17. The van der Waals surface area contributed by atoms with Gasteiger partial charge in [0.25, 0.3) is 0 Å². The van der Waals surface area contributed by atoms with Crippen molar-refractivity contribution in [3.05, 3.63) is 53.1 Å². The van der Waals surface area contributed by atoms with Gasteiger partial charge in [-0.1, -0.05) is 26.0 Å². The van der Waals surface area contributed by atoms with E-state index in [9.17, 15) is 0 Å². The van der Waals surface area contributed by atoms with Gasteiger partial charge in [-0.15, -0.1) is 0 Å². The molecule has 24 heavy (non-hydrogen) atoms. The molecule has 1 aliphatic heterocycles. The van der Waals surface area contributed by atoms with E-state index in [1.807, 2.05) is 18.2 Å². The Morgan fingerprint density at radius 1 is 1.25 bits per heavy atom. The number of aromatic nitrogens is 2. The summed E-state index contributed by atoms with van der Waals surface area (Å²) < 4.78 is 2.29. The van der Waals surface area contributed by atoms with E-state index in [4.69, 9.17) is 10.2 Å². The summed E-state index contributed by atoms with van der Waals surface area (Å²) in [5.41, 5.74) is 3.09. The average Bonchev–Trinajstić information content (AvgIpc) is 3.01. The predicted octanol–water partition coefficient (Wildman–Crippen LogP) is 2.61. The molecule has 0 saturated carbocycles. The molecule has 0 radical (unpaired) electrons. The maximum atomic E-state index is 9.03. The lowest BCUT2D eigenvalue weighted by atomic mass is 10.1. The number of nitriles is 1. The second-order valence-electron chi connectivity index (χ2n) is 6.33. The third-order valence-corrected chi connectivity index (χ3v) is 4.67. The highest BCUT2D eigenvalue weighted by molar-refractivity contribution is 5.32. The fourth-order valence-corrected chi connectivity index (χ4v) is 3.25. The molecule has 0 saturated heterocycles. The molecule has 2 aromatic rings. The minimum Gasteiger partial charge on any atom is -0.332 e. The van der Waals surface area contributed by atoms with Gasteiger partial charge in [-0.05, 0) is 30.8 Å². The standard InChI is InChI=1S/C19H25N5/c1-3-22(4-2)13-18-14-24-9-8-23(15-19(24)21-18)12-17-7-5-6-16(10-17)11-20/h5-7,10,14H,3-4,8-9,12-13,15H2,1-2H3. The van der Waals surface area contributed by atoms with Gasteiger partial charge in [0.05, 0.1) is 23.9 Å². The molecule has 126 valence electrons. The second-order valence-corrected chi connectivity index (χ2v) is 6.33. The Morgan fingerprint density at radius 3 is 2.83 bits per heavy atom. The molecule has 1 aromatic carbocycles. The van der Waals surface area contributed by atoms with E-state index in [-0.39, 0.29) is 0 Å². The summed E-state index contributed by atoms with van der Waals surface area (Å²) >= 11 is 0. The second kappa shape index (κ2) is 7.61. The minimum absolute atomic E-state index is 0.729. The summed E-state index contributed by atoms with van der Waals surface area (Å²) in [5.74, 6) is 1.15. The number of fused-ring (bicyclic) bond motifs is 1. The minimum atomic E-state index is 0.729. The quantitative estimate of drug-likeness (QED) is 0.820. The smallest absolute Gasteiger partial charge is 0.123 e. The van der Waals surface area contributed by atoms with Gasteiger partial charge in [0, 0.05) is 32.4 Å². The van der Waals surface area contributed by atoms with Crippen LogP contribution in [0.3, 0.4) is 0 Å². The van der Waals surface area contributed by atoms with Crippen molar-refractivity contribution in [1.29, 1.82) is 5.26 Å². The molecule has 1 aliphatic rings. The first-order chi connectivity index (χ1) is 11.7. The summed E-state index contributed by atoms with van der Waals surface area (Å²) in [7, 11) is 0. The maximum absolute atomic E-state index is 9.03. The van der Waals surface area contributed by atoms with Gasteiger partial charge >= 0.3 is 0 Å². The van der Waals surface area contributed by atoms with E-state index in [0.717, 1.165) is 57.2 Å². The molecule has 0 bridgehead atoms. The van der Waals surface area contributed by atoms with Crippen molar-refractivity contribution in [3.8, 4) is 6.07 Å². The lowest BCUT2D eigenvalue weighted by Crippen LogP contribution is -2.33. The van der Waals surface area contributed by atoms with Crippen LogP contribution in [0.1, 0.15) is 36.5 Å². The molecule has 5 nitrogen and oxygen atoms in total. The van der Waals surface area contributed by atoms with Crippen molar-refractivity contribution < 1.29 is 0 Å². The van der Waals surface area contributed by atoms with Gasteiger partial charge in [0.15, 0.2) is 0 Å². The zero-order valence-corrected chi connectivity index (χ0v) is 14.6. The molecular weight excluding hydrogens is 298 g/mol. The van der Waals surface area contributed by atoms with Gasteiger partial charge in [0.1, 0.15) is 5.82 Å². The fraction of sp³-hybridized carbons (Fsp3) is 0.474. The van der Waals surface area contributed by atoms with E-state index in [0.29, 0.717) is 0 Å². The van der Waals surface area contributed by atoms with E-state index in [1.54, 1.807) is 0 Å². The molecule has 1 aromatic heterocycles. The Kier molecular flexibility index (Phi) is 5.29. The van der Waals surface area contributed by atoms with Crippen LogP contribution in [0.2, 0.25) is 0 Å². The molecule has 0 N–H and O–H groups in total. The molecule has 2 heterocycles. The number of hydrogen-bond acceptors (Lipinski definition) is 4. The number of nitrogens with zero attached hydrogens (tertiary/aromatic N) is 5. The molecule has 0 fully saturated rings. The highest BCUT2D eigenvalue weighted by atomic mass is 15.2. The SMILES string of the molecule is CCN(CC)Cc1cn2c(n1)CN(Cc1cccc(C#N)c1)CC2. The van der Waals surface area contributed by atoms with Crippen molar-refractivity contribution in [3.63, 3.8) is 0 Å². The molecule has 0 atom stereocenters. The number of imidazole rings is 1. The number of rotatable bonds is 6. The lowest BCUT2D eigenvalue weighted by molar-refractivity contribution is 0.209. The molecule has 0 spiro atoms. The molecule has 3 rings (SSSR count). The average molecular weight is 323 g/mol. The Hall–Kier alpha value is -2.16. The van der Waals surface area contributed by atoms with Crippen LogP contribution in [0.4, 0.5) is 0 Å². The number of hydrogen-bond donors (Lipinski definition) is 0. The zero-order chi connectivity index (χ0) is 16.9. The lowest BCUT2D eigenvalue weighted by Gasteiger charge is -2.27. The Labute approximate surface area is 144 Å². The van der Waals surface area contributed by atoms with Crippen molar-refractivity contribution >= 4 is 0 Å². The summed E-state index contributed by atoms with van der Waals surface area (Å²) in [6.07, 6.45) is 2.21. The summed E-state index contributed by atoms with van der Waals surface area (Å²) in [4.78, 5) is 9.63. The first-order valence-electron chi connectivity index (χ1n) is 8.70. The van der Waals surface area contributed by atoms with Crippen molar-refractivity contribution in [1.82, 2.24) is 19.4 Å². The van der Waals surface area contributed by atoms with Gasteiger partial charge in [0.2, 0.25) is 0 Å². The molecule has 0 unspecified atom stereocenters. The topological polar surface area (TPSA) is 48.1 Å². The Morgan fingerprint density at radius 2 is 2.08 bits per heavy atom. The van der Waals surface area contributed by atoms with Gasteiger partial charge in [-0.25, -0.2) is 4.98 Å².